The van der Waals surface area contributed by atoms with Crippen molar-refractivity contribution in [3.8, 4) is 0 Å². The summed E-state index contributed by atoms with van der Waals surface area (Å²) in [6, 6.07) is 0. The van der Waals surface area contributed by atoms with Gasteiger partial charge in [0.15, 0.2) is 5.78 Å². The van der Waals surface area contributed by atoms with Gasteiger partial charge >= 0.3 is 0 Å². The quantitative estimate of drug-likeness (QED) is 0.854. The van der Waals surface area contributed by atoms with E-state index in [1.165, 1.54) is 11.3 Å². The molecule has 1 heterocycles. The summed E-state index contributed by atoms with van der Waals surface area (Å²) in [7, 11) is 0. The molecule has 1 aromatic heterocycles. The highest BCUT2D eigenvalue weighted by Crippen LogP contribution is 2.18. The van der Waals surface area contributed by atoms with Gasteiger partial charge in [-0.05, 0) is 19.8 Å². The van der Waals surface area contributed by atoms with E-state index < -0.39 is 6.10 Å². The molecular formula is C11H17NO2S. The summed E-state index contributed by atoms with van der Waals surface area (Å²) in [6.07, 6.45) is -0.617. The second-order valence-electron chi connectivity index (χ2n) is 4.08. The Balaban J connectivity index is 2.66. The van der Waals surface area contributed by atoms with Crippen LogP contribution in [0.15, 0.2) is 0 Å². The Kier molecular flexibility index (Phi) is 3.99. The average molecular weight is 227 g/mol. The van der Waals surface area contributed by atoms with Gasteiger partial charge in [0.1, 0.15) is 11.1 Å². The molecule has 0 bridgehead atoms. The molecule has 0 spiro atoms. The fourth-order valence-corrected chi connectivity index (χ4v) is 2.18. The van der Waals surface area contributed by atoms with E-state index in [0.29, 0.717) is 0 Å². The Morgan fingerprint density at radius 2 is 2.07 bits per heavy atom. The Bertz CT molecular complexity index is 338. The van der Waals surface area contributed by atoms with Crippen LogP contribution in [-0.2, 0) is 11.2 Å². The number of aryl methyl sites for hydroxylation is 2. The molecule has 84 valence electrons. The summed E-state index contributed by atoms with van der Waals surface area (Å²) in [5, 5.41) is 10.4. The first-order valence-electron chi connectivity index (χ1n) is 5.05. The van der Waals surface area contributed by atoms with Crippen molar-refractivity contribution in [2.75, 3.05) is 0 Å². The van der Waals surface area contributed by atoms with Gasteiger partial charge in [0.25, 0.3) is 0 Å². The number of rotatable bonds is 4. The van der Waals surface area contributed by atoms with Gasteiger partial charge in [0.2, 0.25) is 0 Å². The highest BCUT2D eigenvalue weighted by molar-refractivity contribution is 7.11. The lowest BCUT2D eigenvalue weighted by molar-refractivity contribution is -0.128. The number of nitrogens with zero attached hydrogens (tertiary/aromatic N) is 1. The van der Waals surface area contributed by atoms with Crippen LogP contribution in [0.25, 0.3) is 0 Å². The van der Waals surface area contributed by atoms with E-state index >= 15 is 0 Å². The van der Waals surface area contributed by atoms with Crippen molar-refractivity contribution >= 4 is 17.1 Å². The van der Waals surface area contributed by atoms with E-state index in [1.807, 2.05) is 27.7 Å². The second kappa shape index (κ2) is 4.86. The number of hydrogen-bond donors (Lipinski definition) is 1. The lowest BCUT2D eigenvalue weighted by atomic mass is 10.0. The van der Waals surface area contributed by atoms with E-state index in [-0.39, 0.29) is 18.1 Å². The number of Topliss-reactive ketones (excluding diaryl/α,β-unsaturated/α-hetero) is 1. The monoisotopic (exact) mass is 227 g/mol. The summed E-state index contributed by atoms with van der Waals surface area (Å²) in [5.74, 6) is -0.168. The molecule has 0 radical (unpaired) electrons. The molecular weight excluding hydrogens is 210 g/mol. The lowest BCUT2D eigenvalue weighted by Gasteiger charge is -2.11. The molecule has 0 aromatic carbocycles. The minimum Gasteiger partial charge on any atom is -0.385 e. The van der Waals surface area contributed by atoms with Crippen molar-refractivity contribution in [3.05, 3.63) is 15.6 Å². The van der Waals surface area contributed by atoms with Crippen molar-refractivity contribution in [3.63, 3.8) is 0 Å². The van der Waals surface area contributed by atoms with Crippen LogP contribution in [0.4, 0.5) is 0 Å². The number of thiazole rings is 1. The van der Waals surface area contributed by atoms with Crippen LogP contribution >= 0.6 is 11.3 Å². The molecule has 1 N–H and O–H groups in total. The zero-order valence-electron chi connectivity index (χ0n) is 9.57. The minimum absolute atomic E-state index is 0.0281. The molecule has 1 atom stereocenters. The molecule has 0 amide bonds. The summed E-state index contributed by atoms with van der Waals surface area (Å²) in [4.78, 5) is 17.0. The van der Waals surface area contributed by atoms with Gasteiger partial charge in [0.05, 0.1) is 12.1 Å². The standard InChI is InChI=1S/C11H17NO2S/c1-6(2)11(14)9(13)5-10-12-7(3)8(4)15-10/h6,11,14H,5H2,1-4H3. The number of carbonyl (C=O) groups excluding carboxylic acids is 1. The summed E-state index contributed by atoms with van der Waals surface area (Å²) in [5.41, 5.74) is 0.974. The van der Waals surface area contributed by atoms with Gasteiger partial charge in [0, 0.05) is 4.88 Å². The highest BCUT2D eigenvalue weighted by atomic mass is 32.1. The predicted octanol–water partition coefficient (Wildman–Crippen LogP) is 1.89. The fourth-order valence-electron chi connectivity index (χ4n) is 1.24. The maximum absolute atomic E-state index is 11.6. The van der Waals surface area contributed by atoms with Crippen molar-refractivity contribution in [1.82, 2.24) is 4.98 Å². The Hall–Kier alpha value is -0.740. The molecule has 0 aliphatic carbocycles. The third kappa shape index (κ3) is 3.11. The average Bonchev–Trinajstić information content (AvgIpc) is 2.44. The largest absolute Gasteiger partial charge is 0.385 e. The molecule has 0 aliphatic rings. The summed E-state index contributed by atoms with van der Waals surface area (Å²) in [6.45, 7) is 7.58. The van der Waals surface area contributed by atoms with E-state index in [4.69, 9.17) is 0 Å². The molecule has 1 unspecified atom stereocenters. The molecule has 0 fully saturated rings. The van der Waals surface area contributed by atoms with Crippen LogP contribution in [0.5, 0.6) is 0 Å². The van der Waals surface area contributed by atoms with E-state index in [2.05, 4.69) is 4.98 Å². The molecule has 1 rings (SSSR count). The van der Waals surface area contributed by atoms with Gasteiger partial charge in [-0.1, -0.05) is 13.8 Å². The van der Waals surface area contributed by atoms with Crippen molar-refractivity contribution in [2.24, 2.45) is 5.92 Å². The third-order valence-electron chi connectivity index (χ3n) is 2.36. The predicted molar refractivity (Wildman–Crippen MR) is 61.1 cm³/mol. The van der Waals surface area contributed by atoms with Crippen LogP contribution in [-0.4, -0.2) is 22.0 Å². The molecule has 4 heteroatoms. The van der Waals surface area contributed by atoms with Crippen molar-refractivity contribution in [1.29, 1.82) is 0 Å². The van der Waals surface area contributed by atoms with E-state index in [0.717, 1.165) is 15.6 Å². The number of hydrogen-bond acceptors (Lipinski definition) is 4. The Morgan fingerprint density at radius 1 is 1.47 bits per heavy atom. The SMILES string of the molecule is Cc1nc(CC(=O)C(O)C(C)C)sc1C. The maximum atomic E-state index is 11.6. The van der Waals surface area contributed by atoms with E-state index in [9.17, 15) is 9.90 Å². The highest BCUT2D eigenvalue weighted by Gasteiger charge is 2.20. The minimum atomic E-state index is -0.866. The molecule has 0 saturated carbocycles. The topological polar surface area (TPSA) is 50.2 Å². The zero-order chi connectivity index (χ0) is 11.6. The Morgan fingerprint density at radius 3 is 2.47 bits per heavy atom. The first-order chi connectivity index (χ1) is 6.91. The van der Waals surface area contributed by atoms with Gasteiger partial charge in [-0.15, -0.1) is 11.3 Å². The third-order valence-corrected chi connectivity index (χ3v) is 3.43. The van der Waals surface area contributed by atoms with Crippen molar-refractivity contribution < 1.29 is 9.90 Å². The van der Waals surface area contributed by atoms with Crippen molar-refractivity contribution in [2.45, 2.75) is 40.2 Å². The number of aliphatic hydroxyl groups excluding tert-OH is 1. The van der Waals surface area contributed by atoms with Crippen LogP contribution in [0.1, 0.15) is 29.4 Å². The van der Waals surface area contributed by atoms with Gasteiger partial charge in [-0.25, -0.2) is 4.98 Å². The molecule has 3 nitrogen and oxygen atoms in total. The number of carbonyl (C=O) groups is 1. The molecule has 1 aromatic rings. The second-order valence-corrected chi connectivity index (χ2v) is 5.37. The smallest absolute Gasteiger partial charge is 0.168 e. The molecule has 0 aliphatic heterocycles. The normalized spacial score (nSPS) is 13.2. The summed E-state index contributed by atoms with van der Waals surface area (Å²) >= 11 is 1.53. The van der Waals surface area contributed by atoms with Crippen LogP contribution in [0, 0.1) is 19.8 Å². The first-order valence-corrected chi connectivity index (χ1v) is 5.87. The molecule has 15 heavy (non-hydrogen) atoms. The lowest BCUT2D eigenvalue weighted by Crippen LogP contribution is -2.27. The Labute approximate surface area is 94.2 Å². The van der Waals surface area contributed by atoms with Gasteiger partial charge in [-0.2, -0.15) is 0 Å². The fraction of sp³-hybridized carbons (Fsp3) is 0.636. The van der Waals surface area contributed by atoms with Crippen LogP contribution in [0.2, 0.25) is 0 Å². The van der Waals surface area contributed by atoms with E-state index in [1.54, 1.807) is 0 Å². The number of aromatic nitrogens is 1. The first kappa shape index (κ1) is 12.3. The van der Waals surface area contributed by atoms with Gasteiger partial charge in [-0.3, -0.25) is 4.79 Å². The van der Waals surface area contributed by atoms with Crippen LogP contribution < -0.4 is 0 Å². The number of aliphatic hydroxyl groups is 1. The molecule has 0 saturated heterocycles. The summed E-state index contributed by atoms with van der Waals surface area (Å²) < 4.78 is 0. The van der Waals surface area contributed by atoms with Crippen LogP contribution in [0.3, 0.4) is 0 Å². The maximum Gasteiger partial charge on any atom is 0.168 e. The van der Waals surface area contributed by atoms with Gasteiger partial charge < -0.3 is 5.11 Å². The number of ketones is 1. The zero-order valence-corrected chi connectivity index (χ0v) is 10.4.